The summed E-state index contributed by atoms with van der Waals surface area (Å²) in [5, 5.41) is 21.1. The van der Waals surface area contributed by atoms with Gasteiger partial charge in [0.25, 0.3) is 0 Å². The fraction of sp³-hybridized carbons (Fsp3) is 0.444. The van der Waals surface area contributed by atoms with Gasteiger partial charge in [0.15, 0.2) is 11.5 Å². The van der Waals surface area contributed by atoms with E-state index in [9.17, 15) is 5.11 Å². The average Bonchev–Trinajstić information content (AvgIpc) is 2.24. The van der Waals surface area contributed by atoms with Gasteiger partial charge in [0.2, 0.25) is 0 Å². The number of aromatic nitrogens is 2. The smallest absolute Gasteiger partial charge is 0.182 e. The second kappa shape index (κ2) is 3.60. The Labute approximate surface area is 81.4 Å². The molecule has 2 rings (SSSR count). The van der Waals surface area contributed by atoms with Crippen molar-refractivity contribution in [2.24, 2.45) is 0 Å². The van der Waals surface area contributed by atoms with Crippen LogP contribution in [-0.2, 0) is 0 Å². The van der Waals surface area contributed by atoms with Crippen molar-refractivity contribution < 1.29 is 5.11 Å². The molecule has 5 heteroatoms. The van der Waals surface area contributed by atoms with Gasteiger partial charge >= 0.3 is 0 Å². The number of nitrogens with zero attached hydrogens (tertiary/aromatic N) is 3. The van der Waals surface area contributed by atoms with Gasteiger partial charge in [0.1, 0.15) is 6.07 Å². The van der Waals surface area contributed by atoms with E-state index in [0.717, 1.165) is 12.8 Å². The van der Waals surface area contributed by atoms with Gasteiger partial charge in [-0.15, -0.1) is 0 Å². The highest BCUT2D eigenvalue weighted by Crippen LogP contribution is 2.23. The van der Waals surface area contributed by atoms with E-state index in [1.54, 1.807) is 0 Å². The minimum Gasteiger partial charge on any atom is -0.391 e. The number of hydrogen-bond acceptors (Lipinski definition) is 5. The quantitative estimate of drug-likeness (QED) is 0.700. The van der Waals surface area contributed by atoms with E-state index in [4.69, 9.17) is 5.26 Å². The van der Waals surface area contributed by atoms with Crippen LogP contribution in [0.2, 0.25) is 0 Å². The SMILES string of the molecule is N#Cc1nccnc1NC1CCC1O. The third kappa shape index (κ3) is 1.52. The first-order valence-electron chi connectivity index (χ1n) is 4.47. The van der Waals surface area contributed by atoms with Crippen LogP contribution >= 0.6 is 0 Å². The number of rotatable bonds is 2. The molecule has 5 nitrogen and oxygen atoms in total. The number of nitrogens with one attached hydrogen (secondary N) is 1. The lowest BCUT2D eigenvalue weighted by Gasteiger charge is -2.33. The zero-order chi connectivity index (χ0) is 9.97. The van der Waals surface area contributed by atoms with Crippen LogP contribution in [0.1, 0.15) is 18.5 Å². The molecule has 1 aliphatic rings. The van der Waals surface area contributed by atoms with Gasteiger partial charge in [-0.1, -0.05) is 0 Å². The molecule has 1 heterocycles. The number of anilines is 1. The van der Waals surface area contributed by atoms with Gasteiger partial charge in [-0.25, -0.2) is 9.97 Å². The molecule has 2 unspecified atom stereocenters. The van der Waals surface area contributed by atoms with E-state index in [0.29, 0.717) is 5.82 Å². The Morgan fingerprint density at radius 2 is 2.21 bits per heavy atom. The molecule has 0 aliphatic heterocycles. The van der Waals surface area contributed by atoms with Gasteiger partial charge in [-0.2, -0.15) is 5.26 Å². The Bertz CT molecular complexity index is 373. The normalized spacial score (nSPS) is 24.9. The van der Waals surface area contributed by atoms with E-state index in [-0.39, 0.29) is 17.8 Å². The van der Waals surface area contributed by atoms with Gasteiger partial charge < -0.3 is 10.4 Å². The molecule has 1 aromatic heterocycles. The molecule has 0 amide bonds. The second-order valence-corrected chi connectivity index (χ2v) is 3.26. The zero-order valence-corrected chi connectivity index (χ0v) is 7.51. The number of nitriles is 1. The van der Waals surface area contributed by atoms with Crippen molar-refractivity contribution in [3.05, 3.63) is 18.1 Å². The van der Waals surface area contributed by atoms with Crippen LogP contribution in [0.15, 0.2) is 12.4 Å². The van der Waals surface area contributed by atoms with Crippen LogP contribution in [0.25, 0.3) is 0 Å². The van der Waals surface area contributed by atoms with Crippen molar-refractivity contribution in [2.45, 2.75) is 25.0 Å². The van der Waals surface area contributed by atoms with Gasteiger partial charge in [-0.05, 0) is 12.8 Å². The summed E-state index contributed by atoms with van der Waals surface area (Å²) in [6.45, 7) is 0. The van der Waals surface area contributed by atoms with Crippen LogP contribution < -0.4 is 5.32 Å². The monoisotopic (exact) mass is 190 g/mol. The summed E-state index contributed by atoms with van der Waals surface area (Å²) < 4.78 is 0. The standard InChI is InChI=1S/C9H10N4O/c10-5-7-9(12-4-3-11-7)13-6-1-2-8(6)14/h3-4,6,8,14H,1-2H2,(H,12,13). The fourth-order valence-electron chi connectivity index (χ4n) is 1.35. The second-order valence-electron chi connectivity index (χ2n) is 3.26. The van der Waals surface area contributed by atoms with Crippen LogP contribution in [0.4, 0.5) is 5.82 Å². The molecule has 1 aromatic rings. The molecule has 14 heavy (non-hydrogen) atoms. The highest BCUT2D eigenvalue weighted by atomic mass is 16.3. The van der Waals surface area contributed by atoms with Crippen molar-refractivity contribution in [3.8, 4) is 6.07 Å². The molecule has 0 spiro atoms. The summed E-state index contributed by atoms with van der Waals surface area (Å²) in [6, 6.07) is 1.96. The predicted octanol–water partition coefficient (Wildman–Crippen LogP) is 0.283. The summed E-state index contributed by atoms with van der Waals surface area (Å²) in [7, 11) is 0. The van der Waals surface area contributed by atoms with Crippen LogP contribution in [0.5, 0.6) is 0 Å². The largest absolute Gasteiger partial charge is 0.391 e. The van der Waals surface area contributed by atoms with Gasteiger partial charge in [0, 0.05) is 12.4 Å². The van der Waals surface area contributed by atoms with Crippen LogP contribution in [0, 0.1) is 11.3 Å². The van der Waals surface area contributed by atoms with Crippen molar-refractivity contribution in [2.75, 3.05) is 5.32 Å². The van der Waals surface area contributed by atoms with Crippen LogP contribution in [-0.4, -0.2) is 27.2 Å². The third-order valence-electron chi connectivity index (χ3n) is 2.36. The number of aliphatic hydroxyl groups excluding tert-OH is 1. The average molecular weight is 190 g/mol. The summed E-state index contributed by atoms with van der Waals surface area (Å²) >= 11 is 0. The van der Waals surface area contributed by atoms with Gasteiger partial charge in [0.05, 0.1) is 12.1 Å². The molecule has 0 bridgehead atoms. The Morgan fingerprint density at radius 3 is 2.79 bits per heavy atom. The summed E-state index contributed by atoms with van der Waals surface area (Å²) in [5.41, 5.74) is 0.270. The first-order valence-corrected chi connectivity index (χ1v) is 4.47. The van der Waals surface area contributed by atoms with E-state index in [1.165, 1.54) is 12.4 Å². The molecular formula is C9H10N4O. The van der Waals surface area contributed by atoms with Crippen molar-refractivity contribution >= 4 is 5.82 Å². The highest BCUT2D eigenvalue weighted by molar-refractivity contribution is 5.47. The lowest BCUT2D eigenvalue weighted by Crippen LogP contribution is -2.43. The first kappa shape index (κ1) is 8.91. The molecule has 0 aromatic carbocycles. The number of aliphatic hydroxyl groups is 1. The molecule has 2 atom stereocenters. The molecule has 0 radical (unpaired) electrons. The number of hydrogen-bond donors (Lipinski definition) is 2. The van der Waals surface area contributed by atoms with Crippen molar-refractivity contribution in [1.29, 1.82) is 5.26 Å². The minimum absolute atomic E-state index is 0.0128. The molecule has 1 saturated carbocycles. The van der Waals surface area contributed by atoms with E-state index in [1.807, 2.05) is 6.07 Å². The molecule has 0 saturated heterocycles. The third-order valence-corrected chi connectivity index (χ3v) is 2.36. The maximum atomic E-state index is 9.34. The van der Waals surface area contributed by atoms with Crippen molar-refractivity contribution in [1.82, 2.24) is 9.97 Å². The molecule has 1 fully saturated rings. The lowest BCUT2D eigenvalue weighted by molar-refractivity contribution is 0.0784. The molecular weight excluding hydrogens is 180 g/mol. The Kier molecular flexibility index (Phi) is 2.29. The Balaban J connectivity index is 2.12. The minimum atomic E-state index is -0.330. The topological polar surface area (TPSA) is 81.8 Å². The Hall–Kier alpha value is -1.67. The van der Waals surface area contributed by atoms with E-state index >= 15 is 0 Å². The predicted molar refractivity (Wildman–Crippen MR) is 49.4 cm³/mol. The molecule has 1 aliphatic carbocycles. The lowest BCUT2D eigenvalue weighted by atomic mass is 9.89. The van der Waals surface area contributed by atoms with Crippen molar-refractivity contribution in [3.63, 3.8) is 0 Å². The fourth-order valence-corrected chi connectivity index (χ4v) is 1.35. The summed E-state index contributed by atoms with van der Waals surface area (Å²) in [4.78, 5) is 7.86. The first-order chi connectivity index (χ1) is 6.81. The Morgan fingerprint density at radius 1 is 1.43 bits per heavy atom. The summed E-state index contributed by atoms with van der Waals surface area (Å²) in [6.07, 6.45) is 4.38. The maximum Gasteiger partial charge on any atom is 0.182 e. The van der Waals surface area contributed by atoms with Gasteiger partial charge in [-0.3, -0.25) is 0 Å². The maximum absolute atomic E-state index is 9.34. The molecule has 2 N–H and O–H groups in total. The molecule has 72 valence electrons. The summed E-state index contributed by atoms with van der Waals surface area (Å²) in [5.74, 6) is 0.457. The zero-order valence-electron chi connectivity index (χ0n) is 7.51. The highest BCUT2D eigenvalue weighted by Gasteiger charge is 2.29. The van der Waals surface area contributed by atoms with Crippen LogP contribution in [0.3, 0.4) is 0 Å². The van der Waals surface area contributed by atoms with E-state index in [2.05, 4.69) is 15.3 Å². The van der Waals surface area contributed by atoms with E-state index < -0.39 is 0 Å².